The van der Waals surface area contributed by atoms with Crippen molar-refractivity contribution in [3.05, 3.63) is 66.0 Å². The van der Waals surface area contributed by atoms with Crippen LogP contribution >= 0.6 is 0 Å². The van der Waals surface area contributed by atoms with E-state index in [1.165, 1.54) is 11.0 Å². The molecule has 8 rings (SSSR count). The molecule has 1 saturated carbocycles. The number of carbonyl (C=O) groups is 1. The van der Waals surface area contributed by atoms with Gasteiger partial charge in [-0.15, -0.1) is 0 Å². The Bertz CT molecular complexity index is 2200. The molecule has 3 aromatic carbocycles. The number of hydrogen-bond donors (Lipinski definition) is 3. The molecule has 6 aromatic rings. The number of rotatable bonds is 5. The molecule has 1 aliphatic heterocycles. The third-order valence-corrected chi connectivity index (χ3v) is 9.16. The fourth-order valence-electron chi connectivity index (χ4n) is 6.73. The van der Waals surface area contributed by atoms with Crippen LogP contribution in [0.3, 0.4) is 0 Å². The van der Waals surface area contributed by atoms with Crippen molar-refractivity contribution < 1.29 is 23.8 Å². The van der Waals surface area contributed by atoms with Crippen molar-refractivity contribution in [3.63, 3.8) is 0 Å². The number of alkyl halides is 1. The molecule has 12 heteroatoms. The highest BCUT2D eigenvalue weighted by Crippen LogP contribution is 2.38. The molecule has 3 aromatic heterocycles. The van der Waals surface area contributed by atoms with Crippen LogP contribution in [0.15, 0.2) is 54.6 Å². The molecular formula is C34H31F2N7O3. The van der Waals surface area contributed by atoms with Gasteiger partial charge in [0.15, 0.2) is 5.82 Å². The maximum atomic E-state index is 15.7. The maximum absolute atomic E-state index is 15.7. The Balaban J connectivity index is 1.22. The van der Waals surface area contributed by atoms with Gasteiger partial charge in [0.05, 0.1) is 28.7 Å². The van der Waals surface area contributed by atoms with Gasteiger partial charge in [0.2, 0.25) is 5.88 Å². The summed E-state index contributed by atoms with van der Waals surface area (Å²) in [6, 6.07) is 15.4. The van der Waals surface area contributed by atoms with E-state index in [0.29, 0.717) is 28.2 Å². The van der Waals surface area contributed by atoms with Gasteiger partial charge in [0.1, 0.15) is 17.5 Å². The number of halogens is 2. The molecule has 0 radical (unpaired) electrons. The summed E-state index contributed by atoms with van der Waals surface area (Å²) in [5.74, 6) is -0.259. The van der Waals surface area contributed by atoms with Crippen molar-refractivity contribution >= 4 is 38.7 Å². The first-order valence-electron chi connectivity index (χ1n) is 15.3. The number of aryl methyl sites for hydroxylation is 1. The summed E-state index contributed by atoms with van der Waals surface area (Å²) >= 11 is 0. The Labute approximate surface area is 261 Å². The Morgan fingerprint density at radius 1 is 0.978 bits per heavy atom. The first kappa shape index (κ1) is 28.4. The lowest BCUT2D eigenvalue weighted by atomic mass is 10.0. The standard InChI is InChI=1S/C34H31F2N7O3/c1-41-30-25(36)9-21(33(45)42-15-22(35)13-23(37)16-42)10-27(30)38-31(41)29-12-20-5-4-19(11-28(20)43(29)14-17-2-3-17)18-6-7-26-24(8-18)32(44)40-34(46)39-26/h4-12,17,22-23H,2-3,13-16,37H2,1H3,(H2,39,40,44,46)/t22-,23-/m1/s1. The fourth-order valence-corrected chi connectivity index (χ4v) is 6.73. The second-order valence-electron chi connectivity index (χ2n) is 12.6. The van der Waals surface area contributed by atoms with Gasteiger partial charge in [-0.2, -0.15) is 9.97 Å². The molecule has 0 bridgehead atoms. The van der Waals surface area contributed by atoms with Crippen LogP contribution in [0, 0.1) is 11.7 Å². The van der Waals surface area contributed by atoms with Crippen LogP contribution in [0.1, 0.15) is 29.6 Å². The summed E-state index contributed by atoms with van der Waals surface area (Å²) in [7, 11) is 1.76. The number of imidazole rings is 1. The van der Waals surface area contributed by atoms with Crippen LogP contribution in [0.5, 0.6) is 11.9 Å². The Kier molecular flexibility index (Phi) is 6.47. The molecule has 2 aliphatic rings. The monoisotopic (exact) mass is 623 g/mol. The van der Waals surface area contributed by atoms with Gasteiger partial charge in [-0.25, -0.2) is 13.8 Å². The number of fused-ring (bicyclic) bond motifs is 3. The lowest BCUT2D eigenvalue weighted by Gasteiger charge is -2.33. The fraction of sp³-hybridized carbons (Fsp3) is 0.294. The number of aromatic nitrogens is 5. The smallest absolute Gasteiger partial charge is 0.317 e. The third-order valence-electron chi connectivity index (χ3n) is 9.16. The maximum Gasteiger partial charge on any atom is 0.317 e. The Hall–Kier alpha value is -5.10. The summed E-state index contributed by atoms with van der Waals surface area (Å²) < 4.78 is 33.8. The van der Waals surface area contributed by atoms with Gasteiger partial charge >= 0.3 is 6.01 Å². The highest BCUT2D eigenvalue weighted by molar-refractivity contribution is 5.99. The van der Waals surface area contributed by atoms with Crippen molar-refractivity contribution in [2.45, 2.75) is 38.0 Å². The van der Waals surface area contributed by atoms with Gasteiger partial charge < -0.3 is 30.0 Å². The number of aromatic hydroxyl groups is 2. The second-order valence-corrected chi connectivity index (χ2v) is 12.6. The average Bonchev–Trinajstić information content (AvgIpc) is 3.68. The summed E-state index contributed by atoms with van der Waals surface area (Å²) in [6.07, 6.45) is 1.23. The van der Waals surface area contributed by atoms with E-state index in [9.17, 15) is 19.4 Å². The molecule has 2 fully saturated rings. The van der Waals surface area contributed by atoms with Crippen LogP contribution in [0.25, 0.3) is 55.5 Å². The third kappa shape index (κ3) is 4.80. The number of carbonyl (C=O) groups excluding carboxylic acids is 1. The van der Waals surface area contributed by atoms with Crippen LogP contribution in [-0.4, -0.2) is 70.4 Å². The SMILES string of the molecule is Cn1c(-c2cc3ccc(-c4ccc5nc(O)nc(O)c5c4)cc3n2CC2CC2)nc2cc(C(=O)N3C[C@H](N)C[C@@H](F)C3)cc(F)c21. The van der Waals surface area contributed by atoms with Crippen molar-refractivity contribution in [3.8, 4) is 34.5 Å². The second kappa shape index (κ2) is 10.5. The molecule has 2 atom stereocenters. The minimum atomic E-state index is -1.21. The number of nitrogens with two attached hydrogens (primary N) is 1. The van der Waals surface area contributed by atoms with Gasteiger partial charge in [-0.05, 0) is 72.7 Å². The van der Waals surface area contributed by atoms with Gasteiger partial charge in [0.25, 0.3) is 5.91 Å². The Morgan fingerprint density at radius 2 is 1.76 bits per heavy atom. The van der Waals surface area contributed by atoms with E-state index >= 15 is 4.39 Å². The van der Waals surface area contributed by atoms with Crippen molar-refractivity contribution in [2.75, 3.05) is 13.1 Å². The molecule has 1 amide bonds. The summed E-state index contributed by atoms with van der Waals surface area (Å²) in [6.45, 7) is 0.914. The van der Waals surface area contributed by atoms with E-state index in [0.717, 1.165) is 47.1 Å². The summed E-state index contributed by atoms with van der Waals surface area (Å²) in [5.41, 5.74) is 10.7. The molecule has 46 heavy (non-hydrogen) atoms. The van der Waals surface area contributed by atoms with Crippen LogP contribution in [-0.2, 0) is 13.6 Å². The van der Waals surface area contributed by atoms with E-state index in [1.54, 1.807) is 29.8 Å². The number of piperidine rings is 1. The average molecular weight is 624 g/mol. The number of nitrogens with zero attached hydrogens (tertiary/aromatic N) is 6. The predicted molar refractivity (Wildman–Crippen MR) is 170 cm³/mol. The largest absolute Gasteiger partial charge is 0.493 e. The molecule has 1 aliphatic carbocycles. The van der Waals surface area contributed by atoms with Crippen LogP contribution in [0.2, 0.25) is 0 Å². The van der Waals surface area contributed by atoms with E-state index in [1.807, 2.05) is 24.3 Å². The van der Waals surface area contributed by atoms with Crippen molar-refractivity contribution in [2.24, 2.45) is 18.7 Å². The van der Waals surface area contributed by atoms with Crippen LogP contribution in [0.4, 0.5) is 8.78 Å². The number of hydrogen-bond acceptors (Lipinski definition) is 7. The van der Waals surface area contributed by atoms with Gasteiger partial charge in [0, 0.05) is 42.6 Å². The lowest BCUT2D eigenvalue weighted by molar-refractivity contribution is 0.0606. The first-order chi connectivity index (χ1) is 22.1. The van der Waals surface area contributed by atoms with Crippen molar-refractivity contribution in [1.82, 2.24) is 29.0 Å². The minimum absolute atomic E-state index is 0.0688. The van der Waals surface area contributed by atoms with Gasteiger partial charge in [-0.3, -0.25) is 4.79 Å². The zero-order valence-corrected chi connectivity index (χ0v) is 25.0. The predicted octanol–water partition coefficient (Wildman–Crippen LogP) is 5.28. The Morgan fingerprint density at radius 3 is 2.54 bits per heavy atom. The van der Waals surface area contributed by atoms with Gasteiger partial charge in [-0.1, -0.05) is 18.2 Å². The van der Waals surface area contributed by atoms with Crippen LogP contribution < -0.4 is 5.73 Å². The number of amides is 1. The molecule has 0 unspecified atom stereocenters. The topological polar surface area (TPSA) is 135 Å². The lowest BCUT2D eigenvalue weighted by Crippen LogP contribution is -2.50. The molecule has 1 saturated heterocycles. The molecular weight excluding hydrogens is 592 g/mol. The van der Waals surface area contributed by atoms with E-state index in [4.69, 9.17) is 10.7 Å². The molecule has 0 spiro atoms. The molecule has 234 valence electrons. The quantitative estimate of drug-likeness (QED) is 0.238. The van der Waals surface area contributed by atoms with E-state index < -0.39 is 29.9 Å². The van der Waals surface area contributed by atoms with E-state index in [-0.39, 0.29) is 36.5 Å². The first-order valence-corrected chi connectivity index (χ1v) is 15.3. The van der Waals surface area contributed by atoms with Crippen molar-refractivity contribution in [1.29, 1.82) is 0 Å². The molecule has 4 heterocycles. The van der Waals surface area contributed by atoms with E-state index in [2.05, 4.69) is 20.6 Å². The summed E-state index contributed by atoms with van der Waals surface area (Å²) in [4.78, 5) is 27.1. The number of likely N-dealkylation sites (tertiary alicyclic amines) is 1. The highest BCUT2D eigenvalue weighted by atomic mass is 19.1. The minimum Gasteiger partial charge on any atom is -0.493 e. The summed E-state index contributed by atoms with van der Waals surface area (Å²) in [5, 5.41) is 21.4. The zero-order valence-electron chi connectivity index (χ0n) is 25.0. The molecule has 4 N–H and O–H groups in total. The molecule has 10 nitrogen and oxygen atoms in total. The zero-order chi connectivity index (χ0) is 31.9. The number of benzene rings is 3. The highest BCUT2D eigenvalue weighted by Gasteiger charge is 2.30. The normalized spacial score (nSPS) is 18.7.